The van der Waals surface area contributed by atoms with E-state index in [2.05, 4.69) is 23.4 Å². The molecule has 1 saturated heterocycles. The van der Waals surface area contributed by atoms with Crippen molar-refractivity contribution >= 4 is 32.4 Å². The number of pyridine rings is 1. The smallest absolute Gasteiger partial charge is 0.269 e. The fourth-order valence-electron chi connectivity index (χ4n) is 5.70. The summed E-state index contributed by atoms with van der Waals surface area (Å²) >= 11 is 1.70. The second-order valence-electron chi connectivity index (χ2n) is 10.3. The minimum atomic E-state index is -3.79. The van der Waals surface area contributed by atoms with Gasteiger partial charge < -0.3 is 4.90 Å². The molecule has 0 radical (unpaired) electrons. The van der Waals surface area contributed by atoms with E-state index in [4.69, 9.17) is 9.97 Å². The first-order valence-electron chi connectivity index (χ1n) is 13.0. The Kier molecular flexibility index (Phi) is 6.44. The quantitative estimate of drug-likeness (QED) is 0.311. The Labute approximate surface area is 217 Å². The van der Waals surface area contributed by atoms with Crippen molar-refractivity contribution in [1.29, 1.82) is 0 Å². The summed E-state index contributed by atoms with van der Waals surface area (Å²) in [6.07, 6.45) is 12.0. The second-order valence-corrected chi connectivity index (χ2v) is 13.0. The molecule has 0 unspecified atom stereocenters. The molecule has 1 aliphatic heterocycles. The molecule has 0 atom stereocenters. The molecule has 1 saturated carbocycles. The maximum Gasteiger partial charge on any atom is 0.269 e. The van der Waals surface area contributed by atoms with E-state index < -0.39 is 10.0 Å². The third-order valence-electron chi connectivity index (χ3n) is 7.88. The monoisotopic (exact) mass is 520 g/mol. The van der Waals surface area contributed by atoms with E-state index in [0.29, 0.717) is 17.5 Å². The van der Waals surface area contributed by atoms with Gasteiger partial charge in [0.2, 0.25) is 0 Å². The third kappa shape index (κ3) is 4.40. The van der Waals surface area contributed by atoms with Crippen LogP contribution in [0.5, 0.6) is 0 Å². The Bertz CT molecular complexity index is 1460. The molecule has 6 nitrogen and oxygen atoms in total. The molecule has 1 aliphatic carbocycles. The molecule has 4 aromatic rings. The predicted octanol–water partition coefficient (Wildman–Crippen LogP) is 6.25. The number of rotatable bonds is 5. The van der Waals surface area contributed by atoms with Crippen LogP contribution in [0.4, 0.5) is 0 Å². The Morgan fingerprint density at radius 1 is 0.972 bits per heavy atom. The van der Waals surface area contributed by atoms with E-state index >= 15 is 0 Å². The van der Waals surface area contributed by atoms with Crippen LogP contribution in [0.1, 0.15) is 67.4 Å². The lowest BCUT2D eigenvalue weighted by Crippen LogP contribution is -2.29. The summed E-state index contributed by atoms with van der Waals surface area (Å²) in [4.78, 5) is 12.4. The van der Waals surface area contributed by atoms with Crippen molar-refractivity contribution < 1.29 is 8.42 Å². The predicted molar refractivity (Wildman–Crippen MR) is 145 cm³/mol. The van der Waals surface area contributed by atoms with Crippen LogP contribution >= 0.6 is 11.3 Å². The van der Waals surface area contributed by atoms with Gasteiger partial charge in [-0.1, -0.05) is 37.5 Å². The Hall–Kier alpha value is -2.55. The zero-order valence-corrected chi connectivity index (χ0v) is 22.3. The summed E-state index contributed by atoms with van der Waals surface area (Å²) in [7, 11) is -1.62. The highest BCUT2D eigenvalue weighted by molar-refractivity contribution is 7.90. The van der Waals surface area contributed by atoms with Crippen LogP contribution in [0.3, 0.4) is 0 Å². The first-order valence-corrected chi connectivity index (χ1v) is 15.3. The van der Waals surface area contributed by atoms with Gasteiger partial charge in [-0.3, -0.25) is 0 Å². The van der Waals surface area contributed by atoms with Crippen LogP contribution in [0.2, 0.25) is 0 Å². The maximum absolute atomic E-state index is 13.7. The summed E-state index contributed by atoms with van der Waals surface area (Å²) < 4.78 is 28.7. The van der Waals surface area contributed by atoms with Crippen LogP contribution in [0.15, 0.2) is 59.1 Å². The molecule has 36 heavy (non-hydrogen) atoms. The molecule has 2 fully saturated rings. The van der Waals surface area contributed by atoms with Gasteiger partial charge in [0, 0.05) is 34.6 Å². The molecular formula is C28H32N4O2S2. The van der Waals surface area contributed by atoms with Gasteiger partial charge in [0.1, 0.15) is 0 Å². The molecule has 4 heterocycles. The largest absolute Gasteiger partial charge is 0.306 e. The number of thiazole rings is 1. The highest BCUT2D eigenvalue weighted by Gasteiger charge is 2.27. The van der Waals surface area contributed by atoms with Crippen molar-refractivity contribution in [2.24, 2.45) is 0 Å². The van der Waals surface area contributed by atoms with Crippen molar-refractivity contribution in [2.75, 3.05) is 20.1 Å². The fourth-order valence-corrected chi connectivity index (χ4v) is 8.04. The van der Waals surface area contributed by atoms with Gasteiger partial charge >= 0.3 is 0 Å². The van der Waals surface area contributed by atoms with Gasteiger partial charge in [0.25, 0.3) is 10.0 Å². The van der Waals surface area contributed by atoms with Crippen molar-refractivity contribution in [3.63, 3.8) is 0 Å². The lowest BCUT2D eigenvalue weighted by atomic mass is 9.84. The van der Waals surface area contributed by atoms with Gasteiger partial charge in [0.05, 0.1) is 15.6 Å². The zero-order valence-electron chi connectivity index (χ0n) is 20.6. The second kappa shape index (κ2) is 9.72. The normalized spacial score (nSPS) is 18.7. The first-order chi connectivity index (χ1) is 17.5. The van der Waals surface area contributed by atoms with E-state index in [0.717, 1.165) is 47.6 Å². The molecule has 2 aliphatic rings. The highest BCUT2D eigenvalue weighted by atomic mass is 32.2. The minimum Gasteiger partial charge on any atom is -0.306 e. The zero-order chi connectivity index (χ0) is 24.7. The van der Waals surface area contributed by atoms with Crippen molar-refractivity contribution in [2.45, 2.75) is 61.7 Å². The molecule has 0 bridgehead atoms. The van der Waals surface area contributed by atoms with E-state index in [1.807, 2.05) is 12.3 Å². The van der Waals surface area contributed by atoms with Crippen LogP contribution in [0.25, 0.3) is 22.3 Å². The fraction of sp³-hybridized carbons (Fsp3) is 0.429. The summed E-state index contributed by atoms with van der Waals surface area (Å²) in [6.45, 7) is 2.17. The summed E-state index contributed by atoms with van der Waals surface area (Å²) in [5.74, 6) is 0.958. The van der Waals surface area contributed by atoms with Crippen molar-refractivity contribution in [3.8, 4) is 11.3 Å². The average molecular weight is 521 g/mol. The van der Waals surface area contributed by atoms with Crippen LogP contribution in [-0.4, -0.2) is 47.4 Å². The number of hydrogen-bond acceptors (Lipinski definition) is 6. The number of hydrogen-bond donors (Lipinski definition) is 0. The van der Waals surface area contributed by atoms with E-state index in [1.54, 1.807) is 41.8 Å². The molecule has 0 N–H and O–H groups in total. The van der Waals surface area contributed by atoms with E-state index in [1.165, 1.54) is 41.6 Å². The standard InChI is InChI=1S/C28H32N4O2S2/c1-31-14-12-21(13-15-31)28-30-26(19-35-28)25-18-32(36(33,34)23-10-6-3-7-11-23)27-24(25)16-22(17-29-27)20-8-4-2-5-9-20/h3,6-7,10-11,16-21H,2,4-5,8-9,12-15H2,1H3. The number of piperidine rings is 1. The highest BCUT2D eigenvalue weighted by Crippen LogP contribution is 2.39. The minimum absolute atomic E-state index is 0.261. The number of fused-ring (bicyclic) bond motifs is 1. The van der Waals surface area contributed by atoms with E-state index in [9.17, 15) is 8.42 Å². The molecule has 188 valence electrons. The number of aromatic nitrogens is 3. The molecule has 1 aromatic carbocycles. The summed E-state index contributed by atoms with van der Waals surface area (Å²) in [6, 6.07) is 10.8. The molecule has 6 rings (SSSR count). The molecule has 0 amide bonds. The summed E-state index contributed by atoms with van der Waals surface area (Å²) in [5, 5.41) is 4.12. The Balaban J connectivity index is 1.46. The number of benzene rings is 1. The maximum atomic E-state index is 13.7. The lowest BCUT2D eigenvalue weighted by molar-refractivity contribution is 0.255. The lowest BCUT2D eigenvalue weighted by Gasteiger charge is -2.27. The first kappa shape index (κ1) is 23.8. The summed E-state index contributed by atoms with van der Waals surface area (Å²) in [5.41, 5.74) is 3.39. The molecule has 0 spiro atoms. The van der Waals surface area contributed by atoms with E-state index in [-0.39, 0.29) is 4.90 Å². The van der Waals surface area contributed by atoms with Gasteiger partial charge in [-0.25, -0.2) is 22.4 Å². The number of nitrogens with zero attached hydrogens (tertiary/aromatic N) is 4. The van der Waals surface area contributed by atoms with Crippen LogP contribution in [-0.2, 0) is 10.0 Å². The van der Waals surface area contributed by atoms with Crippen LogP contribution in [0, 0.1) is 0 Å². The molecular weight excluding hydrogens is 488 g/mol. The van der Waals surface area contributed by atoms with Gasteiger partial charge in [-0.15, -0.1) is 11.3 Å². The average Bonchev–Trinajstić information content (AvgIpc) is 3.55. The van der Waals surface area contributed by atoms with Crippen molar-refractivity contribution in [3.05, 3.63) is 64.7 Å². The van der Waals surface area contributed by atoms with Crippen LogP contribution < -0.4 is 0 Å². The number of likely N-dealkylation sites (tertiary alicyclic amines) is 1. The van der Waals surface area contributed by atoms with Gasteiger partial charge in [0.15, 0.2) is 5.65 Å². The Morgan fingerprint density at radius 3 is 2.47 bits per heavy atom. The molecule has 3 aromatic heterocycles. The SMILES string of the molecule is CN1CCC(c2nc(-c3cn(S(=O)(=O)c4ccccc4)c4ncc(C5CCCCC5)cc34)cs2)CC1. The van der Waals surface area contributed by atoms with Crippen molar-refractivity contribution in [1.82, 2.24) is 18.8 Å². The van der Waals surface area contributed by atoms with Gasteiger partial charge in [-0.2, -0.15) is 0 Å². The Morgan fingerprint density at radius 2 is 1.72 bits per heavy atom. The topological polar surface area (TPSA) is 68.1 Å². The van der Waals surface area contributed by atoms with Gasteiger partial charge in [-0.05, 0) is 75.5 Å². The molecule has 8 heteroatoms. The third-order valence-corrected chi connectivity index (χ3v) is 10.5.